The SMILES string of the molecule is CC1CC(NC2CSCCC2(C)C)CCN1C. The second-order valence-corrected chi connectivity index (χ2v) is 7.73. The topological polar surface area (TPSA) is 15.3 Å². The van der Waals surface area contributed by atoms with Crippen molar-refractivity contribution in [1.82, 2.24) is 10.2 Å². The average Bonchev–Trinajstić information content (AvgIpc) is 2.26. The summed E-state index contributed by atoms with van der Waals surface area (Å²) in [4.78, 5) is 2.49. The van der Waals surface area contributed by atoms with Crippen LogP contribution in [-0.2, 0) is 0 Å². The Bertz CT molecular complexity index is 255. The van der Waals surface area contributed by atoms with Gasteiger partial charge in [-0.1, -0.05) is 13.8 Å². The Morgan fingerprint density at radius 3 is 2.76 bits per heavy atom. The molecule has 1 N–H and O–H groups in total. The maximum atomic E-state index is 3.95. The summed E-state index contributed by atoms with van der Waals surface area (Å²) in [7, 11) is 2.25. The summed E-state index contributed by atoms with van der Waals surface area (Å²) in [5.74, 6) is 2.64. The summed E-state index contributed by atoms with van der Waals surface area (Å²) >= 11 is 2.12. The van der Waals surface area contributed by atoms with Gasteiger partial charge >= 0.3 is 0 Å². The predicted molar refractivity (Wildman–Crippen MR) is 77.8 cm³/mol. The first-order chi connectivity index (χ1) is 7.99. The highest BCUT2D eigenvalue weighted by atomic mass is 32.2. The Morgan fingerprint density at radius 2 is 2.12 bits per heavy atom. The molecule has 3 atom stereocenters. The third kappa shape index (κ3) is 3.39. The molecule has 0 aromatic rings. The Morgan fingerprint density at radius 1 is 1.35 bits per heavy atom. The van der Waals surface area contributed by atoms with Crippen molar-refractivity contribution in [3.63, 3.8) is 0 Å². The lowest BCUT2D eigenvalue weighted by molar-refractivity contribution is 0.142. The van der Waals surface area contributed by atoms with E-state index in [4.69, 9.17) is 0 Å². The van der Waals surface area contributed by atoms with Crippen molar-refractivity contribution in [1.29, 1.82) is 0 Å². The van der Waals surface area contributed by atoms with Crippen LogP contribution in [0.25, 0.3) is 0 Å². The van der Waals surface area contributed by atoms with Crippen LogP contribution in [0.3, 0.4) is 0 Å². The second-order valence-electron chi connectivity index (χ2n) is 6.58. The first-order valence-electron chi connectivity index (χ1n) is 7.03. The number of hydrogen-bond donors (Lipinski definition) is 1. The lowest BCUT2D eigenvalue weighted by Crippen LogP contribution is -2.54. The van der Waals surface area contributed by atoms with Crippen LogP contribution in [0.2, 0.25) is 0 Å². The van der Waals surface area contributed by atoms with E-state index in [9.17, 15) is 0 Å². The monoisotopic (exact) mass is 256 g/mol. The standard InChI is InChI=1S/C14H28N2S/c1-11-9-12(5-7-16(11)4)15-13-10-17-8-6-14(13,2)3/h11-13,15H,5-10H2,1-4H3. The first-order valence-corrected chi connectivity index (χ1v) is 8.18. The van der Waals surface area contributed by atoms with Gasteiger partial charge < -0.3 is 10.2 Å². The zero-order valence-electron chi connectivity index (χ0n) is 11.8. The number of hydrogen-bond acceptors (Lipinski definition) is 3. The Hall–Kier alpha value is 0.270. The minimum atomic E-state index is 0.484. The molecule has 2 nitrogen and oxygen atoms in total. The fourth-order valence-corrected chi connectivity index (χ4v) is 4.56. The van der Waals surface area contributed by atoms with Gasteiger partial charge in [0, 0.05) is 23.9 Å². The number of likely N-dealkylation sites (tertiary alicyclic amines) is 1. The van der Waals surface area contributed by atoms with Crippen molar-refractivity contribution in [3.8, 4) is 0 Å². The second kappa shape index (κ2) is 5.50. The van der Waals surface area contributed by atoms with E-state index in [1.54, 1.807) is 0 Å². The lowest BCUT2D eigenvalue weighted by atomic mass is 9.81. The van der Waals surface area contributed by atoms with Crippen LogP contribution in [0.15, 0.2) is 0 Å². The van der Waals surface area contributed by atoms with Gasteiger partial charge in [0.15, 0.2) is 0 Å². The smallest absolute Gasteiger partial charge is 0.0212 e. The van der Waals surface area contributed by atoms with Crippen molar-refractivity contribution in [2.45, 2.75) is 58.2 Å². The molecule has 2 aliphatic rings. The molecule has 0 spiro atoms. The van der Waals surface area contributed by atoms with Gasteiger partial charge in [-0.15, -0.1) is 0 Å². The largest absolute Gasteiger partial charge is 0.310 e. The third-order valence-electron chi connectivity index (χ3n) is 4.76. The molecule has 0 aromatic carbocycles. The molecular formula is C14H28N2S. The molecule has 100 valence electrons. The van der Waals surface area contributed by atoms with Crippen LogP contribution >= 0.6 is 11.8 Å². The van der Waals surface area contributed by atoms with Crippen molar-refractivity contribution < 1.29 is 0 Å². The summed E-state index contributed by atoms with van der Waals surface area (Å²) in [5.41, 5.74) is 0.484. The Labute approximate surface area is 111 Å². The molecule has 3 heteroatoms. The zero-order chi connectivity index (χ0) is 12.5. The maximum absolute atomic E-state index is 3.95. The quantitative estimate of drug-likeness (QED) is 0.817. The zero-order valence-corrected chi connectivity index (χ0v) is 12.6. The molecule has 0 amide bonds. The van der Waals surface area contributed by atoms with E-state index in [1.807, 2.05) is 0 Å². The van der Waals surface area contributed by atoms with E-state index in [2.05, 4.69) is 49.8 Å². The number of thioether (sulfide) groups is 1. The van der Waals surface area contributed by atoms with Crippen LogP contribution in [0.5, 0.6) is 0 Å². The van der Waals surface area contributed by atoms with E-state index < -0.39 is 0 Å². The molecular weight excluding hydrogens is 228 g/mol. The normalized spacial score (nSPS) is 39.2. The van der Waals surface area contributed by atoms with Gasteiger partial charge in [-0.2, -0.15) is 11.8 Å². The average molecular weight is 256 g/mol. The molecule has 2 saturated heterocycles. The molecule has 3 unspecified atom stereocenters. The highest BCUT2D eigenvalue weighted by Crippen LogP contribution is 2.35. The molecule has 0 aliphatic carbocycles. The van der Waals surface area contributed by atoms with Crippen molar-refractivity contribution in [2.24, 2.45) is 5.41 Å². The summed E-state index contributed by atoms with van der Waals surface area (Å²) in [6, 6.07) is 2.19. The van der Waals surface area contributed by atoms with Crippen LogP contribution in [0.1, 0.15) is 40.0 Å². The number of nitrogens with zero attached hydrogens (tertiary/aromatic N) is 1. The molecule has 0 radical (unpaired) electrons. The van der Waals surface area contributed by atoms with E-state index in [-0.39, 0.29) is 0 Å². The summed E-state index contributed by atoms with van der Waals surface area (Å²) < 4.78 is 0. The van der Waals surface area contributed by atoms with E-state index in [0.29, 0.717) is 11.5 Å². The molecule has 2 heterocycles. The highest BCUT2D eigenvalue weighted by Gasteiger charge is 2.35. The third-order valence-corrected chi connectivity index (χ3v) is 5.83. The van der Waals surface area contributed by atoms with Crippen molar-refractivity contribution in [3.05, 3.63) is 0 Å². The van der Waals surface area contributed by atoms with Crippen LogP contribution in [0.4, 0.5) is 0 Å². The van der Waals surface area contributed by atoms with Gasteiger partial charge in [0.25, 0.3) is 0 Å². The first kappa shape index (κ1) is 13.7. The van der Waals surface area contributed by atoms with E-state index in [1.165, 1.54) is 37.3 Å². The molecule has 2 aliphatic heterocycles. The van der Waals surface area contributed by atoms with Gasteiger partial charge in [0.2, 0.25) is 0 Å². The fraction of sp³-hybridized carbons (Fsp3) is 1.00. The predicted octanol–water partition coefficient (Wildman–Crippen LogP) is 2.59. The van der Waals surface area contributed by atoms with Gasteiger partial charge in [-0.05, 0) is 50.9 Å². The molecule has 2 fully saturated rings. The molecule has 0 aromatic heterocycles. The van der Waals surface area contributed by atoms with Crippen LogP contribution in [0, 0.1) is 5.41 Å². The van der Waals surface area contributed by atoms with Gasteiger partial charge in [-0.3, -0.25) is 0 Å². The van der Waals surface area contributed by atoms with E-state index >= 15 is 0 Å². The minimum absolute atomic E-state index is 0.484. The Balaban J connectivity index is 1.88. The number of piperidine rings is 1. The molecule has 2 rings (SSSR count). The Kier molecular flexibility index (Phi) is 4.43. The molecule has 0 bridgehead atoms. The molecule has 0 saturated carbocycles. The maximum Gasteiger partial charge on any atom is 0.0212 e. The fourth-order valence-electron chi connectivity index (χ4n) is 2.94. The minimum Gasteiger partial charge on any atom is -0.310 e. The van der Waals surface area contributed by atoms with Gasteiger partial charge in [0.1, 0.15) is 0 Å². The van der Waals surface area contributed by atoms with Crippen LogP contribution < -0.4 is 5.32 Å². The molecule has 17 heavy (non-hydrogen) atoms. The van der Waals surface area contributed by atoms with E-state index in [0.717, 1.165) is 12.1 Å². The van der Waals surface area contributed by atoms with Gasteiger partial charge in [-0.25, -0.2) is 0 Å². The van der Waals surface area contributed by atoms with Crippen LogP contribution in [-0.4, -0.2) is 48.1 Å². The number of nitrogens with one attached hydrogen (secondary N) is 1. The summed E-state index contributed by atoms with van der Waals surface area (Å²) in [6.45, 7) is 8.47. The van der Waals surface area contributed by atoms with Gasteiger partial charge in [0.05, 0.1) is 0 Å². The van der Waals surface area contributed by atoms with Crippen molar-refractivity contribution in [2.75, 3.05) is 25.1 Å². The summed E-state index contributed by atoms with van der Waals surface area (Å²) in [6.07, 6.45) is 3.99. The summed E-state index contributed by atoms with van der Waals surface area (Å²) in [5, 5.41) is 3.95. The number of rotatable bonds is 2. The highest BCUT2D eigenvalue weighted by molar-refractivity contribution is 7.99. The van der Waals surface area contributed by atoms with Crippen molar-refractivity contribution >= 4 is 11.8 Å². The lowest BCUT2D eigenvalue weighted by Gasteiger charge is -2.43.